The number of carbonyl (C=O) groups excluding carboxylic acids is 1. The summed E-state index contributed by atoms with van der Waals surface area (Å²) in [6, 6.07) is 3.81. The second-order valence-electron chi connectivity index (χ2n) is 8.97. The summed E-state index contributed by atoms with van der Waals surface area (Å²) >= 11 is 0. The van der Waals surface area contributed by atoms with Gasteiger partial charge in [0.15, 0.2) is 22.9 Å². The van der Waals surface area contributed by atoms with Crippen molar-refractivity contribution in [3.8, 4) is 11.4 Å². The van der Waals surface area contributed by atoms with E-state index in [-0.39, 0.29) is 24.4 Å². The Morgan fingerprint density at radius 1 is 1.21 bits per heavy atom. The third kappa shape index (κ3) is 3.67. The van der Waals surface area contributed by atoms with E-state index in [1.807, 2.05) is 6.92 Å². The first-order valence-electron chi connectivity index (χ1n) is 11.6. The zero-order valence-electron chi connectivity index (χ0n) is 20.0. The van der Waals surface area contributed by atoms with Gasteiger partial charge in [0.05, 0.1) is 29.0 Å². The average Bonchev–Trinajstić information content (AvgIpc) is 3.18. The zero-order chi connectivity index (χ0) is 26.7. The maximum absolute atomic E-state index is 13.3. The minimum Gasteiger partial charge on any atom is -0.358 e. The number of anilines is 2. The molecule has 14 heteroatoms. The van der Waals surface area contributed by atoms with Crippen LogP contribution in [0.25, 0.3) is 28.1 Å². The number of nitrogens with one attached hydrogen (secondary N) is 2. The number of amides is 2. The van der Waals surface area contributed by atoms with Gasteiger partial charge in [-0.15, -0.1) is 6.58 Å². The second kappa shape index (κ2) is 8.39. The molecule has 1 fully saturated rings. The molecule has 5 heterocycles. The standard InChI is InChI=1S/C24H20F3N9O2/c1-3-9-36-21-18(13(2)29-12-30-21)19(33-36)15-5-4-14(20-28-8-10-35(15)20)31-22(37)32-17-11-16(38-34-17)23(6-7-23)24(25,26)27/h3-5,8,10-12H,1,6-7,9H2,2H3,(H2,31,32,34,37). The van der Waals surface area contributed by atoms with Gasteiger partial charge in [-0.25, -0.2) is 24.4 Å². The molecule has 0 spiro atoms. The van der Waals surface area contributed by atoms with Gasteiger partial charge in [0.2, 0.25) is 0 Å². The van der Waals surface area contributed by atoms with Crippen LogP contribution in [0.2, 0.25) is 0 Å². The quantitative estimate of drug-likeness (QED) is 0.304. The number of fused-ring (bicyclic) bond motifs is 2. The Kier molecular flexibility index (Phi) is 5.22. The summed E-state index contributed by atoms with van der Waals surface area (Å²) in [6.45, 7) is 6.10. The van der Waals surface area contributed by atoms with Crippen LogP contribution in [0.4, 0.5) is 29.5 Å². The molecule has 0 aromatic carbocycles. The van der Waals surface area contributed by atoms with Crippen molar-refractivity contribution in [1.29, 1.82) is 0 Å². The summed E-state index contributed by atoms with van der Waals surface area (Å²) in [5.74, 6) is -0.443. The van der Waals surface area contributed by atoms with Crippen LogP contribution < -0.4 is 10.6 Å². The van der Waals surface area contributed by atoms with Crippen molar-refractivity contribution in [3.05, 3.63) is 61.0 Å². The molecule has 2 N–H and O–H groups in total. The molecule has 6 rings (SSSR count). The summed E-state index contributed by atoms with van der Waals surface area (Å²) in [7, 11) is 0. The summed E-state index contributed by atoms with van der Waals surface area (Å²) < 4.78 is 48.4. The van der Waals surface area contributed by atoms with Crippen molar-refractivity contribution in [2.75, 3.05) is 10.6 Å². The number of halogens is 3. The molecule has 38 heavy (non-hydrogen) atoms. The van der Waals surface area contributed by atoms with E-state index in [1.54, 1.807) is 39.7 Å². The SMILES string of the molecule is C=CCn1nc(-c2ccc(NC(=O)Nc3cc(C4(C(F)(F)F)CC4)on3)c3nccn23)c2c(C)ncnc21. The van der Waals surface area contributed by atoms with Crippen molar-refractivity contribution in [2.24, 2.45) is 0 Å². The molecule has 1 aliphatic carbocycles. The summed E-state index contributed by atoms with van der Waals surface area (Å²) in [5, 5.41) is 14.2. The highest BCUT2D eigenvalue weighted by molar-refractivity contribution is 6.02. The van der Waals surface area contributed by atoms with E-state index in [2.05, 4.69) is 37.3 Å². The number of aromatic nitrogens is 7. The van der Waals surface area contributed by atoms with Crippen LogP contribution in [-0.4, -0.2) is 46.5 Å². The highest BCUT2D eigenvalue weighted by atomic mass is 19.4. The fraction of sp³-hybridized carbons (Fsp3) is 0.250. The Bertz CT molecular complexity index is 1710. The smallest absolute Gasteiger partial charge is 0.358 e. The number of allylic oxidation sites excluding steroid dienone is 1. The van der Waals surface area contributed by atoms with Crippen molar-refractivity contribution < 1.29 is 22.5 Å². The van der Waals surface area contributed by atoms with Gasteiger partial charge in [0.25, 0.3) is 0 Å². The van der Waals surface area contributed by atoms with E-state index in [4.69, 9.17) is 9.62 Å². The van der Waals surface area contributed by atoms with Crippen LogP contribution in [0.3, 0.4) is 0 Å². The first-order chi connectivity index (χ1) is 18.2. The lowest BCUT2D eigenvalue weighted by atomic mass is 10.0. The van der Waals surface area contributed by atoms with Gasteiger partial charge in [0, 0.05) is 18.5 Å². The summed E-state index contributed by atoms with van der Waals surface area (Å²) in [6.07, 6.45) is 1.90. The molecule has 0 aliphatic heterocycles. The van der Waals surface area contributed by atoms with Gasteiger partial charge < -0.3 is 9.84 Å². The van der Waals surface area contributed by atoms with Crippen molar-refractivity contribution in [3.63, 3.8) is 0 Å². The third-order valence-corrected chi connectivity index (χ3v) is 6.58. The van der Waals surface area contributed by atoms with Gasteiger partial charge in [-0.05, 0) is 31.9 Å². The fourth-order valence-corrected chi connectivity index (χ4v) is 4.51. The van der Waals surface area contributed by atoms with Crippen LogP contribution in [0.5, 0.6) is 0 Å². The highest BCUT2D eigenvalue weighted by Crippen LogP contribution is 2.59. The number of rotatable bonds is 6. The molecule has 0 bridgehead atoms. The molecular weight excluding hydrogens is 503 g/mol. The van der Waals surface area contributed by atoms with E-state index in [9.17, 15) is 18.0 Å². The van der Waals surface area contributed by atoms with Crippen LogP contribution in [0, 0.1) is 6.92 Å². The monoisotopic (exact) mass is 523 g/mol. The van der Waals surface area contributed by atoms with E-state index in [0.717, 1.165) is 17.1 Å². The van der Waals surface area contributed by atoms with Gasteiger partial charge >= 0.3 is 12.2 Å². The largest absolute Gasteiger partial charge is 0.401 e. The van der Waals surface area contributed by atoms with Crippen LogP contribution in [0.1, 0.15) is 24.3 Å². The number of carbonyl (C=O) groups is 1. The lowest BCUT2D eigenvalue weighted by Crippen LogP contribution is -2.28. The van der Waals surface area contributed by atoms with Gasteiger partial charge in [-0.3, -0.25) is 9.72 Å². The molecule has 1 aliphatic rings. The Labute approximate surface area is 212 Å². The molecule has 0 radical (unpaired) electrons. The molecule has 5 aromatic rings. The Balaban J connectivity index is 1.29. The third-order valence-electron chi connectivity index (χ3n) is 6.58. The number of hydrogen-bond donors (Lipinski definition) is 2. The number of urea groups is 1. The maximum Gasteiger partial charge on any atom is 0.401 e. The number of alkyl halides is 3. The number of nitrogens with zero attached hydrogens (tertiary/aromatic N) is 7. The Morgan fingerprint density at radius 2 is 2.03 bits per heavy atom. The van der Waals surface area contributed by atoms with Crippen molar-refractivity contribution in [1.82, 2.24) is 34.3 Å². The zero-order valence-corrected chi connectivity index (χ0v) is 20.0. The lowest BCUT2D eigenvalue weighted by molar-refractivity contribution is -0.165. The minimum atomic E-state index is -4.45. The molecular formula is C24H20F3N9O2. The Morgan fingerprint density at radius 3 is 2.76 bits per heavy atom. The van der Waals surface area contributed by atoms with Crippen molar-refractivity contribution >= 4 is 34.2 Å². The first-order valence-corrected chi connectivity index (χ1v) is 11.6. The van der Waals surface area contributed by atoms with Crippen LogP contribution >= 0.6 is 0 Å². The first kappa shape index (κ1) is 23.6. The van der Waals surface area contributed by atoms with Gasteiger partial charge in [-0.1, -0.05) is 11.2 Å². The van der Waals surface area contributed by atoms with Crippen LogP contribution in [-0.2, 0) is 12.0 Å². The van der Waals surface area contributed by atoms with Crippen LogP contribution in [0.15, 0.2) is 54.1 Å². The number of aryl methyl sites for hydroxylation is 1. The normalized spacial score (nSPS) is 14.6. The van der Waals surface area contributed by atoms with Gasteiger partial charge in [-0.2, -0.15) is 18.3 Å². The Hall–Kier alpha value is -4.75. The van der Waals surface area contributed by atoms with Crippen molar-refractivity contribution in [2.45, 2.75) is 37.9 Å². The molecule has 194 valence electrons. The average molecular weight is 523 g/mol. The summed E-state index contributed by atoms with van der Waals surface area (Å²) in [4.78, 5) is 25.7. The predicted molar refractivity (Wildman–Crippen MR) is 131 cm³/mol. The highest BCUT2D eigenvalue weighted by Gasteiger charge is 2.66. The molecule has 0 atom stereocenters. The van der Waals surface area contributed by atoms with E-state index >= 15 is 0 Å². The topological polar surface area (TPSA) is 128 Å². The number of pyridine rings is 1. The summed E-state index contributed by atoms with van der Waals surface area (Å²) in [5.41, 5.74) is 1.49. The molecule has 2 amide bonds. The molecule has 11 nitrogen and oxygen atoms in total. The molecule has 0 unspecified atom stereocenters. The minimum absolute atomic E-state index is 0.0751. The lowest BCUT2D eigenvalue weighted by Gasteiger charge is -2.15. The van der Waals surface area contributed by atoms with E-state index in [0.29, 0.717) is 34.9 Å². The predicted octanol–water partition coefficient (Wildman–Crippen LogP) is 4.86. The molecule has 0 saturated heterocycles. The maximum atomic E-state index is 13.3. The fourth-order valence-electron chi connectivity index (χ4n) is 4.51. The number of hydrogen-bond acceptors (Lipinski definition) is 7. The van der Waals surface area contributed by atoms with E-state index < -0.39 is 17.6 Å². The van der Waals surface area contributed by atoms with E-state index in [1.165, 1.54) is 6.33 Å². The number of imidazole rings is 1. The van der Waals surface area contributed by atoms with Gasteiger partial charge in [0.1, 0.15) is 17.4 Å². The molecule has 5 aromatic heterocycles. The second-order valence-corrected chi connectivity index (χ2v) is 8.97. The molecule has 1 saturated carbocycles.